The van der Waals surface area contributed by atoms with E-state index in [1.165, 1.54) is 12.6 Å². The van der Waals surface area contributed by atoms with Crippen LogP contribution in [0.4, 0.5) is 5.82 Å². The number of anilines is 1. The molecule has 0 aliphatic carbocycles. The van der Waals surface area contributed by atoms with Gasteiger partial charge in [0.25, 0.3) is 5.91 Å². The average molecular weight is 282 g/mol. The predicted octanol–water partition coefficient (Wildman–Crippen LogP) is 3.11. The molecule has 0 saturated carbocycles. The van der Waals surface area contributed by atoms with Gasteiger partial charge in [-0.1, -0.05) is 24.9 Å². The third kappa shape index (κ3) is 3.18. The van der Waals surface area contributed by atoms with Gasteiger partial charge in [-0.05, 0) is 31.7 Å². The van der Waals surface area contributed by atoms with E-state index in [9.17, 15) is 4.79 Å². The molecule has 0 aromatic carbocycles. The number of hydrogen-bond acceptors (Lipinski definition) is 3. The standard InChI is InChI=1S/C14H20ClN3O/c1-2-5-10-6-3-4-7-18(10)14(19)11-8-13(16)17-9-12(11)15/h8-10H,2-7H2,1H3,(H2,16,17). The molecule has 19 heavy (non-hydrogen) atoms. The molecule has 1 aromatic heterocycles. The molecular weight excluding hydrogens is 262 g/mol. The van der Waals surface area contributed by atoms with Gasteiger partial charge in [0.1, 0.15) is 5.82 Å². The minimum atomic E-state index is -0.0164. The van der Waals surface area contributed by atoms with Crippen molar-refractivity contribution in [2.45, 2.75) is 45.1 Å². The van der Waals surface area contributed by atoms with Gasteiger partial charge in [0, 0.05) is 18.8 Å². The first-order valence-corrected chi connectivity index (χ1v) is 7.23. The van der Waals surface area contributed by atoms with Crippen molar-refractivity contribution in [3.05, 3.63) is 22.8 Å². The quantitative estimate of drug-likeness (QED) is 0.926. The zero-order valence-corrected chi connectivity index (χ0v) is 12.0. The van der Waals surface area contributed by atoms with Crippen LogP contribution in [0.3, 0.4) is 0 Å². The molecule has 1 aliphatic heterocycles. The Hall–Kier alpha value is -1.29. The summed E-state index contributed by atoms with van der Waals surface area (Å²) in [6, 6.07) is 1.90. The van der Waals surface area contributed by atoms with E-state index >= 15 is 0 Å². The molecule has 1 unspecified atom stereocenters. The molecule has 4 nitrogen and oxygen atoms in total. The summed E-state index contributed by atoms with van der Waals surface area (Å²) in [6.07, 6.45) is 6.91. The molecule has 5 heteroatoms. The summed E-state index contributed by atoms with van der Waals surface area (Å²) in [6.45, 7) is 2.96. The zero-order chi connectivity index (χ0) is 13.8. The van der Waals surface area contributed by atoms with Crippen LogP contribution < -0.4 is 5.73 Å². The molecular formula is C14H20ClN3O. The van der Waals surface area contributed by atoms with Crippen LogP contribution in [0.2, 0.25) is 5.02 Å². The highest BCUT2D eigenvalue weighted by molar-refractivity contribution is 6.33. The summed E-state index contributed by atoms with van der Waals surface area (Å²) in [7, 11) is 0. The van der Waals surface area contributed by atoms with Crippen LogP contribution in [0.25, 0.3) is 0 Å². The highest BCUT2D eigenvalue weighted by Crippen LogP contribution is 2.25. The Balaban J connectivity index is 2.23. The van der Waals surface area contributed by atoms with Gasteiger partial charge >= 0.3 is 0 Å². The van der Waals surface area contributed by atoms with Crippen LogP contribution in [-0.2, 0) is 0 Å². The van der Waals surface area contributed by atoms with E-state index in [1.807, 2.05) is 4.90 Å². The molecule has 1 atom stereocenters. The molecule has 0 bridgehead atoms. The van der Waals surface area contributed by atoms with Crippen molar-refractivity contribution in [1.82, 2.24) is 9.88 Å². The minimum Gasteiger partial charge on any atom is -0.384 e. The fourth-order valence-corrected chi connectivity index (χ4v) is 2.86. The van der Waals surface area contributed by atoms with Crippen molar-refractivity contribution in [2.24, 2.45) is 0 Å². The van der Waals surface area contributed by atoms with Crippen LogP contribution in [0, 0.1) is 0 Å². The van der Waals surface area contributed by atoms with Crippen molar-refractivity contribution in [3.63, 3.8) is 0 Å². The van der Waals surface area contributed by atoms with Crippen molar-refractivity contribution in [1.29, 1.82) is 0 Å². The van der Waals surface area contributed by atoms with E-state index in [0.29, 0.717) is 22.4 Å². The molecule has 2 rings (SSSR count). The molecule has 2 heterocycles. The molecule has 1 aliphatic rings. The van der Waals surface area contributed by atoms with Crippen LogP contribution >= 0.6 is 11.6 Å². The van der Waals surface area contributed by atoms with Gasteiger partial charge < -0.3 is 10.6 Å². The number of hydrogen-bond donors (Lipinski definition) is 1. The first kappa shape index (κ1) is 14.1. The maximum atomic E-state index is 12.6. The number of rotatable bonds is 3. The zero-order valence-electron chi connectivity index (χ0n) is 11.2. The summed E-state index contributed by atoms with van der Waals surface area (Å²) < 4.78 is 0. The van der Waals surface area contributed by atoms with Crippen molar-refractivity contribution < 1.29 is 4.79 Å². The summed E-state index contributed by atoms with van der Waals surface area (Å²) in [5.41, 5.74) is 6.12. The normalized spacial score (nSPS) is 19.5. The average Bonchev–Trinajstić information content (AvgIpc) is 2.42. The lowest BCUT2D eigenvalue weighted by Gasteiger charge is -2.36. The third-order valence-corrected chi connectivity index (χ3v) is 3.92. The van der Waals surface area contributed by atoms with E-state index in [1.54, 1.807) is 6.07 Å². The van der Waals surface area contributed by atoms with E-state index < -0.39 is 0 Å². The van der Waals surface area contributed by atoms with Crippen molar-refractivity contribution >= 4 is 23.3 Å². The minimum absolute atomic E-state index is 0.0164. The predicted molar refractivity (Wildman–Crippen MR) is 77.2 cm³/mol. The number of nitrogens with zero attached hydrogens (tertiary/aromatic N) is 2. The number of aromatic nitrogens is 1. The number of nitrogen functional groups attached to an aromatic ring is 1. The lowest BCUT2D eigenvalue weighted by Crippen LogP contribution is -2.43. The van der Waals surface area contributed by atoms with E-state index in [0.717, 1.165) is 32.2 Å². The molecule has 2 N–H and O–H groups in total. The summed E-state index contributed by atoms with van der Waals surface area (Å²) in [5.74, 6) is 0.314. The number of pyridine rings is 1. The second-order valence-corrected chi connectivity index (χ2v) is 5.43. The number of piperidine rings is 1. The van der Waals surface area contributed by atoms with Crippen LogP contribution in [0.15, 0.2) is 12.3 Å². The lowest BCUT2D eigenvalue weighted by molar-refractivity contribution is 0.0601. The van der Waals surface area contributed by atoms with Crippen LogP contribution in [0.5, 0.6) is 0 Å². The van der Waals surface area contributed by atoms with Gasteiger partial charge in [-0.2, -0.15) is 0 Å². The van der Waals surface area contributed by atoms with Crippen LogP contribution in [0.1, 0.15) is 49.4 Å². The number of amides is 1. The van der Waals surface area contributed by atoms with Gasteiger partial charge in [-0.15, -0.1) is 0 Å². The number of likely N-dealkylation sites (tertiary alicyclic amines) is 1. The Morgan fingerprint density at radius 2 is 2.37 bits per heavy atom. The topological polar surface area (TPSA) is 59.2 Å². The maximum absolute atomic E-state index is 12.6. The second-order valence-electron chi connectivity index (χ2n) is 5.03. The number of carbonyl (C=O) groups is 1. The molecule has 1 amide bonds. The SMILES string of the molecule is CCCC1CCCCN1C(=O)c1cc(N)ncc1Cl. The second kappa shape index (κ2) is 6.24. The molecule has 104 valence electrons. The van der Waals surface area contributed by atoms with Gasteiger partial charge in [-0.3, -0.25) is 4.79 Å². The molecule has 0 spiro atoms. The molecule has 1 aromatic rings. The van der Waals surface area contributed by atoms with Gasteiger partial charge in [0.05, 0.1) is 10.6 Å². The van der Waals surface area contributed by atoms with E-state index in [-0.39, 0.29) is 5.91 Å². The highest BCUT2D eigenvalue weighted by Gasteiger charge is 2.28. The van der Waals surface area contributed by atoms with Crippen molar-refractivity contribution in [2.75, 3.05) is 12.3 Å². The fraction of sp³-hybridized carbons (Fsp3) is 0.571. The summed E-state index contributed by atoms with van der Waals surface area (Å²) >= 11 is 6.07. The van der Waals surface area contributed by atoms with Crippen LogP contribution in [-0.4, -0.2) is 28.4 Å². The van der Waals surface area contributed by atoms with Gasteiger partial charge in [-0.25, -0.2) is 4.98 Å². The lowest BCUT2D eigenvalue weighted by atomic mass is 9.97. The molecule has 1 fully saturated rings. The Kier molecular flexibility index (Phi) is 4.64. The number of carbonyl (C=O) groups excluding carboxylic acids is 1. The molecule has 1 saturated heterocycles. The summed E-state index contributed by atoms with van der Waals surface area (Å²) in [5, 5.41) is 0.375. The van der Waals surface area contributed by atoms with E-state index in [4.69, 9.17) is 17.3 Å². The first-order chi connectivity index (χ1) is 9.13. The largest absolute Gasteiger partial charge is 0.384 e. The van der Waals surface area contributed by atoms with Crippen molar-refractivity contribution in [3.8, 4) is 0 Å². The number of halogens is 1. The highest BCUT2D eigenvalue weighted by atomic mass is 35.5. The number of nitrogens with two attached hydrogens (primary N) is 1. The monoisotopic (exact) mass is 281 g/mol. The fourth-order valence-electron chi connectivity index (χ4n) is 2.67. The molecule has 0 radical (unpaired) electrons. The Morgan fingerprint density at radius 3 is 3.11 bits per heavy atom. The first-order valence-electron chi connectivity index (χ1n) is 6.85. The van der Waals surface area contributed by atoms with Gasteiger partial charge in [0.15, 0.2) is 0 Å². The third-order valence-electron chi connectivity index (χ3n) is 3.62. The smallest absolute Gasteiger partial charge is 0.255 e. The summed E-state index contributed by atoms with van der Waals surface area (Å²) in [4.78, 5) is 18.5. The Labute approximate surface area is 118 Å². The Bertz CT molecular complexity index is 462. The Morgan fingerprint density at radius 1 is 1.58 bits per heavy atom. The van der Waals surface area contributed by atoms with Gasteiger partial charge in [0.2, 0.25) is 0 Å². The van der Waals surface area contributed by atoms with E-state index in [2.05, 4.69) is 11.9 Å². The maximum Gasteiger partial charge on any atom is 0.255 e.